The number of aliphatic hydroxyl groups is 1. The Morgan fingerprint density at radius 1 is 1.50 bits per heavy atom. The lowest BCUT2D eigenvalue weighted by Crippen LogP contribution is -2.37. The molecule has 0 fully saturated rings. The van der Waals surface area contributed by atoms with E-state index < -0.39 is 17.2 Å². The zero-order chi connectivity index (χ0) is 13.7. The van der Waals surface area contributed by atoms with E-state index in [0.717, 1.165) is 16.8 Å². The standard InChI is InChI=1S/C11H17N3O4/c1-8(15)5-6-13(2)11(18)7-14-10(17)4-3-9(16)12-14/h3-4,8,15H,5-7H2,1-2H3,(H,12,16). The minimum Gasteiger partial charge on any atom is -0.393 e. The van der Waals surface area contributed by atoms with Gasteiger partial charge in [-0.3, -0.25) is 19.5 Å². The minimum atomic E-state index is -0.487. The highest BCUT2D eigenvalue weighted by molar-refractivity contribution is 5.75. The zero-order valence-corrected chi connectivity index (χ0v) is 10.4. The summed E-state index contributed by atoms with van der Waals surface area (Å²) in [7, 11) is 1.58. The Kier molecular flexibility index (Phi) is 4.85. The van der Waals surface area contributed by atoms with Gasteiger partial charge in [0.1, 0.15) is 6.54 Å². The zero-order valence-electron chi connectivity index (χ0n) is 10.4. The van der Waals surface area contributed by atoms with Crippen molar-refractivity contribution in [1.29, 1.82) is 0 Å². The van der Waals surface area contributed by atoms with Gasteiger partial charge in [-0.25, -0.2) is 4.68 Å². The van der Waals surface area contributed by atoms with Gasteiger partial charge in [0, 0.05) is 25.7 Å². The molecule has 2 N–H and O–H groups in total. The first-order valence-electron chi connectivity index (χ1n) is 5.62. The molecule has 0 saturated heterocycles. The van der Waals surface area contributed by atoms with Crippen LogP contribution in [0.15, 0.2) is 21.7 Å². The van der Waals surface area contributed by atoms with Gasteiger partial charge in [0.2, 0.25) is 5.91 Å². The number of aliphatic hydroxyl groups excluding tert-OH is 1. The summed E-state index contributed by atoms with van der Waals surface area (Å²) in [5, 5.41) is 11.4. The molecule has 18 heavy (non-hydrogen) atoms. The summed E-state index contributed by atoms with van der Waals surface area (Å²) in [6, 6.07) is 2.22. The van der Waals surface area contributed by atoms with Crippen molar-refractivity contribution in [3.8, 4) is 0 Å². The van der Waals surface area contributed by atoms with E-state index in [1.165, 1.54) is 4.90 Å². The lowest BCUT2D eigenvalue weighted by atomic mass is 10.3. The van der Waals surface area contributed by atoms with Crippen LogP contribution in [0.4, 0.5) is 0 Å². The molecule has 1 atom stereocenters. The maximum absolute atomic E-state index is 11.8. The Balaban J connectivity index is 2.66. The summed E-state index contributed by atoms with van der Waals surface area (Å²) >= 11 is 0. The fraction of sp³-hybridized carbons (Fsp3) is 0.545. The van der Waals surface area contributed by atoms with Crippen LogP contribution in [0.2, 0.25) is 0 Å². The van der Waals surface area contributed by atoms with Gasteiger partial charge in [-0.1, -0.05) is 0 Å². The summed E-state index contributed by atoms with van der Waals surface area (Å²) in [4.78, 5) is 35.6. The van der Waals surface area contributed by atoms with Gasteiger partial charge in [0.05, 0.1) is 6.10 Å². The average molecular weight is 255 g/mol. The number of carbonyl (C=O) groups is 1. The van der Waals surface area contributed by atoms with Crippen molar-refractivity contribution in [3.63, 3.8) is 0 Å². The van der Waals surface area contributed by atoms with Gasteiger partial charge in [-0.2, -0.15) is 0 Å². The van der Waals surface area contributed by atoms with Crippen LogP contribution in [0.5, 0.6) is 0 Å². The SMILES string of the molecule is CC(O)CCN(C)C(=O)Cn1[nH]c(=O)ccc1=O. The molecule has 0 spiro atoms. The largest absolute Gasteiger partial charge is 0.393 e. The van der Waals surface area contributed by atoms with Crippen molar-refractivity contribution in [2.75, 3.05) is 13.6 Å². The summed E-state index contributed by atoms with van der Waals surface area (Å²) in [6.07, 6.45) is -0.0258. The van der Waals surface area contributed by atoms with E-state index in [2.05, 4.69) is 5.10 Å². The number of aromatic amines is 1. The van der Waals surface area contributed by atoms with Crippen molar-refractivity contribution in [2.24, 2.45) is 0 Å². The third kappa shape index (κ3) is 4.17. The predicted molar refractivity (Wildman–Crippen MR) is 65.3 cm³/mol. The molecule has 1 aromatic rings. The van der Waals surface area contributed by atoms with E-state index in [9.17, 15) is 14.4 Å². The highest BCUT2D eigenvalue weighted by Gasteiger charge is 2.11. The first-order valence-corrected chi connectivity index (χ1v) is 5.62. The number of aromatic nitrogens is 2. The van der Waals surface area contributed by atoms with Gasteiger partial charge in [0.15, 0.2) is 0 Å². The van der Waals surface area contributed by atoms with Gasteiger partial charge < -0.3 is 10.0 Å². The van der Waals surface area contributed by atoms with Crippen molar-refractivity contribution >= 4 is 5.91 Å². The molecule has 1 heterocycles. The van der Waals surface area contributed by atoms with Crippen LogP contribution in [-0.4, -0.2) is 45.4 Å². The van der Waals surface area contributed by atoms with Crippen molar-refractivity contribution < 1.29 is 9.90 Å². The van der Waals surface area contributed by atoms with Crippen LogP contribution in [0.3, 0.4) is 0 Å². The monoisotopic (exact) mass is 255 g/mol. The summed E-state index contributed by atoms with van der Waals surface area (Å²) in [5.74, 6) is -0.306. The molecule has 0 aliphatic carbocycles. The Morgan fingerprint density at radius 3 is 2.78 bits per heavy atom. The number of nitrogens with zero attached hydrogens (tertiary/aromatic N) is 2. The molecule has 0 aliphatic heterocycles. The number of likely N-dealkylation sites (N-methyl/N-ethyl adjacent to an activating group) is 1. The maximum atomic E-state index is 11.8. The molecular weight excluding hydrogens is 238 g/mol. The molecule has 1 unspecified atom stereocenters. The Hall–Kier alpha value is -1.89. The first-order chi connectivity index (χ1) is 8.40. The molecule has 1 amide bonds. The minimum absolute atomic E-state index is 0.217. The third-order valence-corrected chi connectivity index (χ3v) is 2.49. The lowest BCUT2D eigenvalue weighted by Gasteiger charge is -2.18. The molecule has 7 nitrogen and oxygen atoms in total. The predicted octanol–water partition coefficient (Wildman–Crippen LogP) is -1.23. The number of carbonyl (C=O) groups excluding carboxylic acids is 1. The average Bonchev–Trinajstić information content (AvgIpc) is 2.30. The molecule has 0 aromatic carbocycles. The lowest BCUT2D eigenvalue weighted by molar-refractivity contribution is -0.131. The topological polar surface area (TPSA) is 95.4 Å². The summed E-state index contributed by atoms with van der Waals surface area (Å²) in [6.45, 7) is 1.81. The molecule has 0 saturated carbocycles. The van der Waals surface area contributed by atoms with Crippen LogP contribution < -0.4 is 11.1 Å². The normalized spacial score (nSPS) is 12.2. The molecule has 0 bridgehead atoms. The molecule has 100 valence electrons. The fourth-order valence-electron chi connectivity index (χ4n) is 1.34. The third-order valence-electron chi connectivity index (χ3n) is 2.49. The van der Waals surface area contributed by atoms with Gasteiger partial charge in [0.25, 0.3) is 11.1 Å². The Bertz CT molecular complexity index is 518. The molecule has 0 radical (unpaired) electrons. The van der Waals surface area contributed by atoms with E-state index >= 15 is 0 Å². The maximum Gasteiger partial charge on any atom is 0.265 e. The second kappa shape index (κ2) is 6.15. The smallest absolute Gasteiger partial charge is 0.265 e. The van der Waals surface area contributed by atoms with Crippen molar-refractivity contribution in [3.05, 3.63) is 32.8 Å². The highest BCUT2D eigenvalue weighted by Crippen LogP contribution is 1.94. The molecular formula is C11H17N3O4. The first kappa shape index (κ1) is 14.2. The Morgan fingerprint density at radius 2 is 2.17 bits per heavy atom. The van der Waals surface area contributed by atoms with Crippen molar-refractivity contribution in [2.45, 2.75) is 26.0 Å². The van der Waals surface area contributed by atoms with Crippen LogP contribution in [0.25, 0.3) is 0 Å². The van der Waals surface area contributed by atoms with E-state index in [1.54, 1.807) is 14.0 Å². The van der Waals surface area contributed by atoms with E-state index in [1.807, 2.05) is 0 Å². The van der Waals surface area contributed by atoms with Gasteiger partial charge >= 0.3 is 0 Å². The summed E-state index contributed by atoms with van der Waals surface area (Å²) < 4.78 is 0.962. The van der Waals surface area contributed by atoms with Gasteiger partial charge in [-0.15, -0.1) is 0 Å². The number of rotatable bonds is 5. The van der Waals surface area contributed by atoms with E-state index in [4.69, 9.17) is 5.11 Å². The highest BCUT2D eigenvalue weighted by atomic mass is 16.3. The van der Waals surface area contributed by atoms with Crippen molar-refractivity contribution in [1.82, 2.24) is 14.7 Å². The van der Waals surface area contributed by atoms with Crippen LogP contribution in [-0.2, 0) is 11.3 Å². The second-order valence-corrected chi connectivity index (χ2v) is 4.19. The number of H-pyrrole nitrogens is 1. The van der Waals surface area contributed by atoms with E-state index in [-0.39, 0.29) is 12.5 Å². The number of hydrogen-bond donors (Lipinski definition) is 2. The quantitative estimate of drug-likeness (QED) is 0.688. The Labute approximate surface area is 104 Å². The number of hydrogen-bond acceptors (Lipinski definition) is 4. The molecule has 1 aromatic heterocycles. The second-order valence-electron chi connectivity index (χ2n) is 4.19. The van der Waals surface area contributed by atoms with Crippen LogP contribution >= 0.6 is 0 Å². The van der Waals surface area contributed by atoms with Gasteiger partial charge in [-0.05, 0) is 13.3 Å². The van der Waals surface area contributed by atoms with Crippen LogP contribution in [0, 0.1) is 0 Å². The number of amides is 1. The summed E-state index contributed by atoms with van der Waals surface area (Å²) in [5.41, 5.74) is -0.874. The molecule has 0 aliphatic rings. The van der Waals surface area contributed by atoms with Crippen LogP contribution in [0.1, 0.15) is 13.3 Å². The number of nitrogens with one attached hydrogen (secondary N) is 1. The fourth-order valence-corrected chi connectivity index (χ4v) is 1.34. The molecule has 7 heteroatoms. The molecule has 1 rings (SSSR count). The van der Waals surface area contributed by atoms with E-state index in [0.29, 0.717) is 13.0 Å².